The summed E-state index contributed by atoms with van der Waals surface area (Å²) in [6, 6.07) is 13.1. The van der Waals surface area contributed by atoms with Crippen LogP contribution in [0.2, 0.25) is 0 Å². The number of para-hydroxylation sites is 1. The van der Waals surface area contributed by atoms with E-state index in [4.69, 9.17) is 18.9 Å². The van der Waals surface area contributed by atoms with Crippen LogP contribution in [-0.4, -0.2) is 38.9 Å². The molecule has 6 nitrogen and oxygen atoms in total. The van der Waals surface area contributed by atoms with Gasteiger partial charge in [0, 0.05) is 12.1 Å². The molecule has 0 heterocycles. The van der Waals surface area contributed by atoms with E-state index in [0.717, 1.165) is 18.6 Å². The Kier molecular flexibility index (Phi) is 9.69. The van der Waals surface area contributed by atoms with Crippen LogP contribution in [0.1, 0.15) is 44.0 Å². The molecule has 0 aliphatic carbocycles. The Bertz CT molecular complexity index is 721. The number of rotatable bonds is 13. The maximum Gasteiger partial charge on any atom is 0.251 e. The number of ether oxygens (including phenoxy) is 4. The molecule has 2 aromatic rings. The molecule has 0 aliphatic rings. The van der Waals surface area contributed by atoms with Crippen molar-refractivity contribution in [2.45, 2.75) is 33.6 Å². The molecule has 0 fully saturated rings. The monoisotopic (exact) mass is 401 g/mol. The van der Waals surface area contributed by atoms with Crippen LogP contribution in [0.3, 0.4) is 0 Å². The number of carbonyl (C=O) groups excluding carboxylic acids is 1. The van der Waals surface area contributed by atoms with Crippen molar-refractivity contribution < 1.29 is 23.7 Å². The Balaban J connectivity index is 1.89. The molecule has 0 unspecified atom stereocenters. The van der Waals surface area contributed by atoms with E-state index in [1.807, 2.05) is 51.1 Å². The summed E-state index contributed by atoms with van der Waals surface area (Å²) in [6.07, 6.45) is 1.68. The van der Waals surface area contributed by atoms with Crippen molar-refractivity contribution in [3.63, 3.8) is 0 Å². The van der Waals surface area contributed by atoms with Crippen LogP contribution >= 0.6 is 0 Å². The maximum absolute atomic E-state index is 12.6. The second-order valence-electron chi connectivity index (χ2n) is 6.23. The summed E-state index contributed by atoms with van der Waals surface area (Å²) in [5.74, 6) is 2.26. The first kappa shape index (κ1) is 22.4. The first-order chi connectivity index (χ1) is 14.2. The fourth-order valence-electron chi connectivity index (χ4n) is 2.76. The molecular formula is C23H31NO5. The second-order valence-corrected chi connectivity index (χ2v) is 6.23. The third-order valence-electron chi connectivity index (χ3n) is 4.04. The third-order valence-corrected chi connectivity index (χ3v) is 4.04. The number of unbranched alkanes of at least 4 members (excludes halogenated alkanes) is 1. The summed E-state index contributed by atoms with van der Waals surface area (Å²) in [4.78, 5) is 12.6. The fraction of sp³-hybridized carbons (Fsp3) is 0.435. The van der Waals surface area contributed by atoms with Crippen LogP contribution in [0.15, 0.2) is 42.5 Å². The molecule has 29 heavy (non-hydrogen) atoms. The van der Waals surface area contributed by atoms with Gasteiger partial charge in [0.1, 0.15) is 5.75 Å². The van der Waals surface area contributed by atoms with E-state index in [1.54, 1.807) is 12.1 Å². The highest BCUT2D eigenvalue weighted by atomic mass is 16.5. The van der Waals surface area contributed by atoms with Crippen LogP contribution in [0, 0.1) is 0 Å². The van der Waals surface area contributed by atoms with Crippen LogP contribution in [0.25, 0.3) is 0 Å². The van der Waals surface area contributed by atoms with E-state index in [0.29, 0.717) is 55.8 Å². The van der Waals surface area contributed by atoms with E-state index >= 15 is 0 Å². The summed E-state index contributed by atoms with van der Waals surface area (Å²) in [6.45, 7) is 8.28. The number of nitrogens with one attached hydrogen (secondary N) is 1. The van der Waals surface area contributed by atoms with Gasteiger partial charge in [0.25, 0.3) is 5.91 Å². The number of amides is 1. The molecule has 2 rings (SSSR count). The summed E-state index contributed by atoms with van der Waals surface area (Å²) in [7, 11) is 0. The highest BCUT2D eigenvalue weighted by Crippen LogP contribution is 2.39. The fourth-order valence-corrected chi connectivity index (χ4v) is 2.76. The lowest BCUT2D eigenvalue weighted by molar-refractivity contribution is 0.0951. The first-order valence-electron chi connectivity index (χ1n) is 10.2. The van der Waals surface area contributed by atoms with E-state index in [2.05, 4.69) is 5.32 Å². The van der Waals surface area contributed by atoms with E-state index < -0.39 is 0 Å². The van der Waals surface area contributed by atoms with Crippen molar-refractivity contribution in [2.75, 3.05) is 33.0 Å². The molecule has 2 aromatic carbocycles. The van der Waals surface area contributed by atoms with Gasteiger partial charge in [0.2, 0.25) is 5.75 Å². The molecule has 0 bridgehead atoms. The molecule has 0 spiro atoms. The molecule has 0 aromatic heterocycles. The minimum absolute atomic E-state index is 0.168. The smallest absolute Gasteiger partial charge is 0.251 e. The standard InChI is InChI=1S/C23H31NO5/c1-4-26-20-16-18(17-21(27-5-2)22(20)28-6-3)23(25)24-14-10-11-15-29-19-12-8-7-9-13-19/h7-9,12-13,16-17H,4-6,10-11,14-15H2,1-3H3,(H,24,25). The molecular weight excluding hydrogens is 370 g/mol. The molecule has 6 heteroatoms. The van der Waals surface area contributed by atoms with Crippen molar-refractivity contribution in [3.05, 3.63) is 48.0 Å². The van der Waals surface area contributed by atoms with Crippen LogP contribution in [0.5, 0.6) is 23.0 Å². The summed E-state index contributed by atoms with van der Waals surface area (Å²) < 4.78 is 22.7. The van der Waals surface area contributed by atoms with Crippen molar-refractivity contribution in [1.82, 2.24) is 5.32 Å². The Morgan fingerprint density at radius 3 is 2.03 bits per heavy atom. The van der Waals surface area contributed by atoms with Gasteiger partial charge in [-0.1, -0.05) is 18.2 Å². The number of carbonyl (C=O) groups is 1. The van der Waals surface area contributed by atoms with Gasteiger partial charge in [0.05, 0.1) is 26.4 Å². The van der Waals surface area contributed by atoms with Gasteiger partial charge in [-0.25, -0.2) is 0 Å². The van der Waals surface area contributed by atoms with Gasteiger partial charge in [-0.3, -0.25) is 4.79 Å². The van der Waals surface area contributed by atoms with Crippen LogP contribution in [-0.2, 0) is 0 Å². The third kappa shape index (κ3) is 7.22. The zero-order chi connectivity index (χ0) is 20.9. The van der Waals surface area contributed by atoms with Crippen LogP contribution in [0.4, 0.5) is 0 Å². The van der Waals surface area contributed by atoms with E-state index in [9.17, 15) is 4.79 Å². The minimum Gasteiger partial charge on any atom is -0.494 e. The molecule has 0 saturated carbocycles. The molecule has 1 amide bonds. The molecule has 0 atom stereocenters. The number of hydrogen-bond acceptors (Lipinski definition) is 5. The normalized spacial score (nSPS) is 10.3. The molecule has 0 aliphatic heterocycles. The van der Waals surface area contributed by atoms with Crippen molar-refractivity contribution in [2.24, 2.45) is 0 Å². The first-order valence-corrected chi connectivity index (χ1v) is 10.2. The zero-order valence-electron chi connectivity index (χ0n) is 17.5. The summed E-state index contributed by atoms with van der Waals surface area (Å²) in [5.41, 5.74) is 0.487. The lowest BCUT2D eigenvalue weighted by atomic mass is 10.1. The predicted molar refractivity (Wildman–Crippen MR) is 113 cm³/mol. The minimum atomic E-state index is -0.168. The van der Waals surface area contributed by atoms with Crippen molar-refractivity contribution in [3.8, 4) is 23.0 Å². The molecule has 0 radical (unpaired) electrons. The number of benzene rings is 2. The van der Waals surface area contributed by atoms with Gasteiger partial charge in [-0.15, -0.1) is 0 Å². The highest BCUT2D eigenvalue weighted by molar-refractivity contribution is 5.95. The Hall–Kier alpha value is -2.89. The summed E-state index contributed by atoms with van der Waals surface area (Å²) >= 11 is 0. The predicted octanol–water partition coefficient (Wildman–Crippen LogP) is 4.47. The lowest BCUT2D eigenvalue weighted by Crippen LogP contribution is -2.25. The quantitative estimate of drug-likeness (QED) is 0.502. The van der Waals surface area contributed by atoms with Gasteiger partial charge in [-0.05, 0) is 57.9 Å². The Morgan fingerprint density at radius 2 is 1.45 bits per heavy atom. The topological polar surface area (TPSA) is 66.0 Å². The van der Waals surface area contributed by atoms with Gasteiger partial charge < -0.3 is 24.3 Å². The van der Waals surface area contributed by atoms with E-state index in [1.165, 1.54) is 0 Å². The maximum atomic E-state index is 12.6. The van der Waals surface area contributed by atoms with Crippen molar-refractivity contribution >= 4 is 5.91 Å². The largest absolute Gasteiger partial charge is 0.494 e. The van der Waals surface area contributed by atoms with Crippen LogP contribution < -0.4 is 24.3 Å². The lowest BCUT2D eigenvalue weighted by Gasteiger charge is -2.17. The zero-order valence-corrected chi connectivity index (χ0v) is 17.5. The molecule has 158 valence electrons. The molecule has 1 N–H and O–H groups in total. The van der Waals surface area contributed by atoms with Gasteiger partial charge >= 0.3 is 0 Å². The highest BCUT2D eigenvalue weighted by Gasteiger charge is 2.18. The van der Waals surface area contributed by atoms with Gasteiger partial charge in [-0.2, -0.15) is 0 Å². The van der Waals surface area contributed by atoms with Gasteiger partial charge in [0.15, 0.2) is 11.5 Å². The number of hydrogen-bond donors (Lipinski definition) is 1. The average molecular weight is 402 g/mol. The second kappa shape index (κ2) is 12.5. The van der Waals surface area contributed by atoms with Crippen molar-refractivity contribution in [1.29, 1.82) is 0 Å². The SMILES string of the molecule is CCOc1cc(C(=O)NCCCCOc2ccccc2)cc(OCC)c1OCC. The summed E-state index contributed by atoms with van der Waals surface area (Å²) in [5, 5.41) is 2.94. The Labute approximate surface area is 173 Å². The van der Waals surface area contributed by atoms with E-state index in [-0.39, 0.29) is 5.91 Å². The average Bonchev–Trinajstić information content (AvgIpc) is 2.73. The Morgan fingerprint density at radius 1 is 0.828 bits per heavy atom. The molecule has 0 saturated heterocycles.